The summed E-state index contributed by atoms with van der Waals surface area (Å²) >= 11 is 0. The molecular weight excluding hydrogens is 323 g/mol. The third kappa shape index (κ3) is 3.68. The maximum absolute atomic E-state index is 13.3. The van der Waals surface area contributed by atoms with Crippen LogP contribution in [0.4, 0.5) is 4.39 Å². The average molecular weight is 348 g/mol. The maximum atomic E-state index is 13.3. The second kappa shape index (κ2) is 7.12. The van der Waals surface area contributed by atoms with Gasteiger partial charge in [0.1, 0.15) is 11.9 Å². The summed E-state index contributed by atoms with van der Waals surface area (Å²) in [5.41, 5.74) is 0.357. The zero-order valence-corrected chi connectivity index (χ0v) is 14.6. The molecule has 2 aliphatic rings. The van der Waals surface area contributed by atoms with Crippen molar-refractivity contribution >= 4 is 11.9 Å². The zero-order valence-electron chi connectivity index (χ0n) is 14.6. The van der Waals surface area contributed by atoms with Crippen molar-refractivity contribution in [2.45, 2.75) is 38.6 Å². The van der Waals surface area contributed by atoms with E-state index in [9.17, 15) is 19.1 Å². The Labute approximate surface area is 147 Å². The second-order valence-corrected chi connectivity index (χ2v) is 7.33. The number of hydrogen-bond acceptors (Lipinski definition) is 3. The molecule has 1 amide bonds. The molecule has 0 bridgehead atoms. The lowest BCUT2D eigenvalue weighted by Gasteiger charge is -2.39. The van der Waals surface area contributed by atoms with Gasteiger partial charge in [-0.25, -0.2) is 4.39 Å². The van der Waals surface area contributed by atoms with E-state index in [1.165, 1.54) is 12.1 Å². The van der Waals surface area contributed by atoms with Gasteiger partial charge in [0.15, 0.2) is 0 Å². The lowest BCUT2D eigenvalue weighted by Crippen LogP contribution is -2.44. The molecule has 2 fully saturated rings. The Morgan fingerprint density at radius 3 is 2.64 bits per heavy atom. The molecule has 25 heavy (non-hydrogen) atoms. The highest BCUT2D eigenvalue weighted by molar-refractivity contribution is 5.94. The number of halogens is 1. The topological polar surface area (TPSA) is 60.9 Å². The molecule has 1 aromatic rings. The van der Waals surface area contributed by atoms with E-state index in [1.807, 2.05) is 0 Å². The molecule has 1 aromatic carbocycles. The predicted octanol–water partition coefficient (Wildman–Crippen LogP) is 2.62. The first-order valence-electron chi connectivity index (χ1n) is 8.96. The van der Waals surface area contributed by atoms with E-state index in [2.05, 4.69) is 11.8 Å². The summed E-state index contributed by atoms with van der Waals surface area (Å²) in [5.74, 6) is -1.30. The van der Waals surface area contributed by atoms with E-state index in [0.717, 1.165) is 32.4 Å². The molecule has 5 nitrogen and oxygen atoms in total. The first kappa shape index (κ1) is 17.9. The van der Waals surface area contributed by atoms with E-state index >= 15 is 0 Å². The van der Waals surface area contributed by atoms with Crippen molar-refractivity contribution in [1.82, 2.24) is 9.80 Å². The Balaban J connectivity index is 1.65. The van der Waals surface area contributed by atoms with Crippen molar-refractivity contribution in [3.8, 4) is 0 Å². The van der Waals surface area contributed by atoms with Gasteiger partial charge >= 0.3 is 5.97 Å². The molecule has 6 heteroatoms. The van der Waals surface area contributed by atoms with E-state index in [-0.39, 0.29) is 11.3 Å². The van der Waals surface area contributed by atoms with Crippen LogP contribution in [0.25, 0.3) is 0 Å². The van der Waals surface area contributed by atoms with Crippen LogP contribution in [0.2, 0.25) is 0 Å². The lowest BCUT2D eigenvalue weighted by atomic mass is 9.76. The molecule has 0 aliphatic carbocycles. The van der Waals surface area contributed by atoms with E-state index in [4.69, 9.17) is 0 Å². The maximum Gasteiger partial charge on any atom is 0.320 e. The van der Waals surface area contributed by atoms with Crippen LogP contribution >= 0.6 is 0 Å². The lowest BCUT2D eigenvalue weighted by molar-refractivity contribution is -0.142. The molecular formula is C19H25FN2O3. The number of likely N-dealkylation sites (tertiary alicyclic amines) is 2. The highest BCUT2D eigenvalue weighted by Crippen LogP contribution is 2.43. The molecule has 1 N–H and O–H groups in total. The third-order valence-corrected chi connectivity index (χ3v) is 5.58. The number of nitrogens with zero attached hydrogens (tertiary/aromatic N) is 2. The number of benzene rings is 1. The monoisotopic (exact) mass is 348 g/mol. The number of carbonyl (C=O) groups excluding carboxylic acids is 1. The van der Waals surface area contributed by atoms with Gasteiger partial charge in [0, 0.05) is 25.2 Å². The zero-order chi connectivity index (χ0) is 18.0. The summed E-state index contributed by atoms with van der Waals surface area (Å²) in [5, 5.41) is 9.50. The largest absolute Gasteiger partial charge is 0.480 e. The Bertz CT molecular complexity index is 656. The highest BCUT2D eigenvalue weighted by atomic mass is 19.1. The summed E-state index contributed by atoms with van der Waals surface area (Å²) in [6.07, 6.45) is 3.20. The van der Waals surface area contributed by atoms with Crippen molar-refractivity contribution in [3.05, 3.63) is 35.6 Å². The van der Waals surface area contributed by atoms with Gasteiger partial charge in [-0.3, -0.25) is 14.5 Å². The fourth-order valence-electron chi connectivity index (χ4n) is 4.26. The molecule has 2 saturated heterocycles. The van der Waals surface area contributed by atoms with E-state index in [1.54, 1.807) is 17.0 Å². The highest BCUT2D eigenvalue weighted by Gasteiger charge is 2.48. The Hall–Kier alpha value is -1.95. The van der Waals surface area contributed by atoms with Gasteiger partial charge in [-0.2, -0.15) is 0 Å². The number of amides is 1. The summed E-state index contributed by atoms with van der Waals surface area (Å²) in [6, 6.07) is 5.37. The van der Waals surface area contributed by atoms with Crippen LogP contribution in [0, 0.1) is 11.2 Å². The summed E-state index contributed by atoms with van der Waals surface area (Å²) in [7, 11) is 0. The van der Waals surface area contributed by atoms with Crippen LogP contribution in [-0.2, 0) is 4.79 Å². The van der Waals surface area contributed by atoms with Crippen molar-refractivity contribution in [2.75, 3.05) is 26.2 Å². The van der Waals surface area contributed by atoms with Crippen LogP contribution in [0.3, 0.4) is 0 Å². The Morgan fingerprint density at radius 1 is 1.32 bits per heavy atom. The number of carboxylic acid groups (broad SMARTS) is 1. The normalized spacial score (nSPS) is 23.1. The van der Waals surface area contributed by atoms with Crippen molar-refractivity contribution < 1.29 is 19.1 Å². The second-order valence-electron chi connectivity index (χ2n) is 7.33. The molecule has 2 heterocycles. The van der Waals surface area contributed by atoms with Gasteiger partial charge in [-0.1, -0.05) is 13.0 Å². The SMILES string of the molecule is CCCN1CC2(CCN(C(=O)c3cccc(F)c3)CC2)CC1C(=O)O. The molecule has 1 unspecified atom stereocenters. The molecule has 1 atom stereocenters. The van der Waals surface area contributed by atoms with E-state index in [0.29, 0.717) is 25.1 Å². The van der Waals surface area contributed by atoms with Crippen molar-refractivity contribution in [2.24, 2.45) is 5.41 Å². The van der Waals surface area contributed by atoms with Gasteiger partial charge in [0.05, 0.1) is 0 Å². The number of carboxylic acids is 1. The predicted molar refractivity (Wildman–Crippen MR) is 91.9 cm³/mol. The molecule has 0 aromatic heterocycles. The summed E-state index contributed by atoms with van der Waals surface area (Å²) in [6.45, 7) is 4.85. The summed E-state index contributed by atoms with van der Waals surface area (Å²) in [4.78, 5) is 27.9. The smallest absolute Gasteiger partial charge is 0.320 e. The number of hydrogen-bond donors (Lipinski definition) is 1. The van der Waals surface area contributed by atoms with Crippen LogP contribution in [-0.4, -0.2) is 59.0 Å². The van der Waals surface area contributed by atoms with Crippen LogP contribution in [0.15, 0.2) is 24.3 Å². The van der Waals surface area contributed by atoms with Gasteiger partial charge in [0.25, 0.3) is 5.91 Å². The fraction of sp³-hybridized carbons (Fsp3) is 0.579. The minimum Gasteiger partial charge on any atom is -0.480 e. The molecule has 0 radical (unpaired) electrons. The number of rotatable bonds is 4. The van der Waals surface area contributed by atoms with Crippen LogP contribution in [0.5, 0.6) is 0 Å². The summed E-state index contributed by atoms with van der Waals surface area (Å²) < 4.78 is 13.3. The third-order valence-electron chi connectivity index (χ3n) is 5.58. The standard InChI is InChI=1S/C19H25FN2O3/c1-2-8-22-13-19(12-16(22)18(24)25)6-9-21(10-7-19)17(23)14-4-3-5-15(20)11-14/h3-5,11,16H,2,6-10,12-13H2,1H3,(H,24,25). The molecule has 1 spiro atoms. The minimum atomic E-state index is -0.747. The molecule has 136 valence electrons. The van der Waals surface area contributed by atoms with Crippen LogP contribution in [0.1, 0.15) is 43.0 Å². The molecule has 0 saturated carbocycles. The molecule has 2 aliphatic heterocycles. The Kier molecular flexibility index (Phi) is 5.08. The fourth-order valence-corrected chi connectivity index (χ4v) is 4.26. The van der Waals surface area contributed by atoms with Gasteiger partial charge in [-0.15, -0.1) is 0 Å². The first-order valence-corrected chi connectivity index (χ1v) is 8.96. The molecule has 3 rings (SSSR count). The Morgan fingerprint density at radius 2 is 2.04 bits per heavy atom. The number of aliphatic carboxylic acids is 1. The minimum absolute atomic E-state index is 0.0169. The van der Waals surface area contributed by atoms with Gasteiger partial charge < -0.3 is 10.0 Å². The average Bonchev–Trinajstić information content (AvgIpc) is 2.94. The van der Waals surface area contributed by atoms with Gasteiger partial charge in [-0.05, 0) is 55.8 Å². The first-order chi connectivity index (χ1) is 11.9. The van der Waals surface area contributed by atoms with Crippen LogP contribution < -0.4 is 0 Å². The number of piperidine rings is 1. The van der Waals surface area contributed by atoms with Crippen molar-refractivity contribution in [3.63, 3.8) is 0 Å². The number of carbonyl (C=O) groups is 2. The quantitative estimate of drug-likeness (QED) is 0.909. The van der Waals surface area contributed by atoms with Crippen molar-refractivity contribution in [1.29, 1.82) is 0 Å². The van der Waals surface area contributed by atoms with E-state index < -0.39 is 17.8 Å². The van der Waals surface area contributed by atoms with Gasteiger partial charge in [0.2, 0.25) is 0 Å².